The number of benzene rings is 6. The number of pyridine rings is 1. The quantitative estimate of drug-likeness (QED) is 0.206. The van der Waals surface area contributed by atoms with Gasteiger partial charge in [-0.25, -0.2) is 4.98 Å². The summed E-state index contributed by atoms with van der Waals surface area (Å²) < 4.78 is 4.68. The van der Waals surface area contributed by atoms with E-state index in [-0.39, 0.29) is 0 Å². The van der Waals surface area contributed by atoms with Gasteiger partial charge >= 0.3 is 0 Å². The fraction of sp³-hybridized carbons (Fsp3) is 0. The first-order valence-electron chi connectivity index (χ1n) is 14.3. The molecule has 0 fully saturated rings. The molecule has 0 atom stereocenters. The second kappa shape index (κ2) is 8.92. The average Bonchev–Trinajstić information content (AvgIpc) is 3.65. The molecule has 6 aromatic carbocycles. The summed E-state index contributed by atoms with van der Waals surface area (Å²) in [5, 5.41) is 6.26. The van der Waals surface area contributed by atoms with Crippen molar-refractivity contribution in [1.82, 2.24) is 14.1 Å². The molecule has 3 heterocycles. The molecule has 42 heavy (non-hydrogen) atoms. The monoisotopic (exact) mass is 535 g/mol. The summed E-state index contributed by atoms with van der Waals surface area (Å²) in [6.45, 7) is 0. The van der Waals surface area contributed by atoms with Gasteiger partial charge in [0, 0.05) is 33.6 Å². The van der Waals surface area contributed by atoms with Gasteiger partial charge in [0.05, 0.1) is 22.2 Å². The molecule has 0 unspecified atom stereocenters. The SMILES string of the molecule is c1ccc(-c2cc(-c3ccccc3)nc(-n3c4cccc5ccc6cc7c(ccn7-c7ccccc7)c3c6c54)c2)cc1. The zero-order chi connectivity index (χ0) is 27.6. The molecule has 3 aromatic heterocycles. The number of para-hydroxylation sites is 1. The van der Waals surface area contributed by atoms with Crippen LogP contribution in [0.15, 0.2) is 152 Å². The summed E-state index contributed by atoms with van der Waals surface area (Å²) in [4.78, 5) is 5.36. The van der Waals surface area contributed by atoms with E-state index in [0.717, 1.165) is 28.3 Å². The lowest BCUT2D eigenvalue weighted by molar-refractivity contribution is 1.09. The Morgan fingerprint density at radius 2 is 1.19 bits per heavy atom. The molecule has 0 bridgehead atoms. The Labute approximate surface area is 242 Å². The van der Waals surface area contributed by atoms with E-state index in [1.54, 1.807) is 0 Å². The molecule has 3 nitrogen and oxygen atoms in total. The summed E-state index contributed by atoms with van der Waals surface area (Å²) >= 11 is 0. The first-order chi connectivity index (χ1) is 20.8. The highest BCUT2D eigenvalue weighted by molar-refractivity contribution is 6.29. The molecular weight excluding hydrogens is 510 g/mol. The van der Waals surface area contributed by atoms with Crippen molar-refractivity contribution >= 4 is 43.5 Å². The lowest BCUT2D eigenvalue weighted by Crippen LogP contribution is -2.00. The van der Waals surface area contributed by atoms with E-state index in [0.29, 0.717) is 0 Å². The van der Waals surface area contributed by atoms with Crippen molar-refractivity contribution in [3.05, 3.63) is 152 Å². The molecule has 0 radical (unpaired) electrons. The topological polar surface area (TPSA) is 22.8 Å². The Morgan fingerprint density at radius 1 is 0.476 bits per heavy atom. The van der Waals surface area contributed by atoms with Gasteiger partial charge in [-0.15, -0.1) is 0 Å². The largest absolute Gasteiger partial charge is 0.316 e. The van der Waals surface area contributed by atoms with Crippen molar-refractivity contribution in [1.29, 1.82) is 0 Å². The number of hydrogen-bond acceptors (Lipinski definition) is 1. The van der Waals surface area contributed by atoms with E-state index in [9.17, 15) is 0 Å². The summed E-state index contributed by atoms with van der Waals surface area (Å²) in [5.74, 6) is 0.917. The average molecular weight is 536 g/mol. The van der Waals surface area contributed by atoms with Gasteiger partial charge in [-0.2, -0.15) is 0 Å². The lowest BCUT2D eigenvalue weighted by Gasteiger charge is -2.13. The summed E-state index contributed by atoms with van der Waals surface area (Å²) in [7, 11) is 0. The Hall–Kier alpha value is -5.67. The minimum atomic E-state index is 0.917. The molecule has 9 rings (SSSR count). The van der Waals surface area contributed by atoms with Crippen LogP contribution in [0, 0.1) is 0 Å². The van der Waals surface area contributed by atoms with Crippen LogP contribution >= 0.6 is 0 Å². The Morgan fingerprint density at radius 3 is 1.98 bits per heavy atom. The minimum Gasteiger partial charge on any atom is -0.316 e. The maximum absolute atomic E-state index is 5.36. The Balaban J connectivity index is 1.43. The van der Waals surface area contributed by atoms with Gasteiger partial charge < -0.3 is 4.57 Å². The van der Waals surface area contributed by atoms with E-state index >= 15 is 0 Å². The van der Waals surface area contributed by atoms with Crippen molar-refractivity contribution in [3.63, 3.8) is 0 Å². The van der Waals surface area contributed by atoms with Crippen molar-refractivity contribution in [2.24, 2.45) is 0 Å². The molecule has 0 aliphatic carbocycles. The fourth-order valence-electron chi connectivity index (χ4n) is 6.60. The minimum absolute atomic E-state index is 0.917. The van der Waals surface area contributed by atoms with Gasteiger partial charge in [0.1, 0.15) is 5.82 Å². The van der Waals surface area contributed by atoms with Crippen molar-refractivity contribution in [3.8, 4) is 33.9 Å². The molecule has 0 saturated heterocycles. The lowest BCUT2D eigenvalue weighted by atomic mass is 10.0. The number of nitrogens with zero attached hydrogens (tertiary/aromatic N) is 3. The zero-order valence-electron chi connectivity index (χ0n) is 22.8. The molecule has 0 aliphatic heterocycles. The highest BCUT2D eigenvalue weighted by Gasteiger charge is 2.22. The van der Waals surface area contributed by atoms with Crippen LogP contribution in [0.25, 0.3) is 77.4 Å². The van der Waals surface area contributed by atoms with Gasteiger partial charge in [0.2, 0.25) is 0 Å². The van der Waals surface area contributed by atoms with E-state index in [2.05, 4.69) is 161 Å². The van der Waals surface area contributed by atoms with Crippen LogP contribution in [0.2, 0.25) is 0 Å². The Bertz CT molecular complexity index is 2320. The predicted octanol–water partition coefficient (Wildman–Crippen LogP) is 10.0. The first-order valence-corrected chi connectivity index (χ1v) is 14.3. The number of fused-ring (bicyclic) bond motifs is 2. The third-order valence-electron chi connectivity index (χ3n) is 8.48. The normalized spacial score (nSPS) is 11.8. The number of aromatic nitrogens is 3. The molecule has 0 spiro atoms. The summed E-state index contributed by atoms with van der Waals surface area (Å²) in [5.41, 5.74) is 9.08. The van der Waals surface area contributed by atoms with Crippen LogP contribution in [0.5, 0.6) is 0 Å². The molecule has 196 valence electrons. The zero-order valence-corrected chi connectivity index (χ0v) is 22.8. The van der Waals surface area contributed by atoms with E-state index in [1.807, 2.05) is 0 Å². The third-order valence-corrected chi connectivity index (χ3v) is 8.48. The van der Waals surface area contributed by atoms with Crippen molar-refractivity contribution in [2.75, 3.05) is 0 Å². The van der Waals surface area contributed by atoms with E-state index in [1.165, 1.54) is 49.0 Å². The number of rotatable bonds is 4. The van der Waals surface area contributed by atoms with Gasteiger partial charge in [-0.3, -0.25) is 4.57 Å². The van der Waals surface area contributed by atoms with Crippen LogP contribution in [-0.4, -0.2) is 14.1 Å². The standard InChI is InChI=1S/C39H25N3/c1-4-11-26(12-5-1)30-23-33(27-13-6-2-7-14-27)40-36(25-30)42-34-18-10-15-28-19-20-29-24-35-32(39(42)38(29)37(28)34)21-22-41(35)31-16-8-3-9-17-31/h1-25H. The molecule has 9 aromatic rings. The second-order valence-corrected chi connectivity index (χ2v) is 10.9. The van der Waals surface area contributed by atoms with Gasteiger partial charge in [-0.1, -0.05) is 103 Å². The third kappa shape index (κ3) is 3.37. The van der Waals surface area contributed by atoms with E-state index < -0.39 is 0 Å². The highest BCUT2D eigenvalue weighted by Crippen LogP contribution is 2.43. The molecule has 0 amide bonds. The summed E-state index contributed by atoms with van der Waals surface area (Å²) in [6, 6.07) is 51.8. The fourth-order valence-corrected chi connectivity index (χ4v) is 6.60. The van der Waals surface area contributed by atoms with Crippen molar-refractivity contribution in [2.45, 2.75) is 0 Å². The summed E-state index contributed by atoms with van der Waals surface area (Å²) in [6.07, 6.45) is 2.19. The first kappa shape index (κ1) is 23.1. The van der Waals surface area contributed by atoms with Crippen LogP contribution in [0.3, 0.4) is 0 Å². The van der Waals surface area contributed by atoms with E-state index in [4.69, 9.17) is 4.98 Å². The predicted molar refractivity (Wildman–Crippen MR) is 175 cm³/mol. The van der Waals surface area contributed by atoms with Gasteiger partial charge in [0.15, 0.2) is 0 Å². The van der Waals surface area contributed by atoms with Crippen LogP contribution < -0.4 is 0 Å². The smallest absolute Gasteiger partial charge is 0.138 e. The second-order valence-electron chi connectivity index (χ2n) is 10.9. The van der Waals surface area contributed by atoms with Gasteiger partial charge in [0.25, 0.3) is 0 Å². The maximum Gasteiger partial charge on any atom is 0.138 e. The maximum atomic E-state index is 5.36. The van der Waals surface area contributed by atoms with Crippen molar-refractivity contribution < 1.29 is 0 Å². The van der Waals surface area contributed by atoms with Gasteiger partial charge in [-0.05, 0) is 64.4 Å². The molecule has 3 heteroatoms. The Kier molecular flexibility index (Phi) is 4.90. The highest BCUT2D eigenvalue weighted by atomic mass is 15.1. The molecule has 0 N–H and O–H groups in total. The van der Waals surface area contributed by atoms with Crippen LogP contribution in [0.1, 0.15) is 0 Å². The molecule has 0 aliphatic rings. The number of hydrogen-bond donors (Lipinski definition) is 0. The molecular formula is C39H25N3. The van der Waals surface area contributed by atoms with Crippen LogP contribution in [-0.2, 0) is 0 Å². The van der Waals surface area contributed by atoms with Crippen LogP contribution in [0.4, 0.5) is 0 Å². The molecule has 0 saturated carbocycles.